The summed E-state index contributed by atoms with van der Waals surface area (Å²) in [5, 5.41) is 2.60. The van der Waals surface area contributed by atoms with Gasteiger partial charge in [-0.1, -0.05) is 0 Å². The second-order valence-electron chi connectivity index (χ2n) is 6.62. The molecule has 0 aromatic rings. The highest BCUT2D eigenvalue weighted by Crippen LogP contribution is 2.20. The zero-order chi connectivity index (χ0) is 18.3. The number of likely N-dealkylation sites (tertiary alicyclic amines) is 1. The van der Waals surface area contributed by atoms with Gasteiger partial charge in [0.05, 0.1) is 12.3 Å². The molecule has 24 heavy (non-hydrogen) atoms. The Labute approximate surface area is 144 Å². The Kier molecular flexibility index (Phi) is 8.11. The Morgan fingerprint density at radius 2 is 1.92 bits per heavy atom. The summed E-state index contributed by atoms with van der Waals surface area (Å²) in [5.41, 5.74) is 5.93. The van der Waals surface area contributed by atoms with Crippen LogP contribution >= 0.6 is 0 Å². The van der Waals surface area contributed by atoms with Crippen LogP contribution in [0.5, 0.6) is 0 Å². The molecule has 0 radical (unpaired) electrons. The highest BCUT2D eigenvalue weighted by atomic mass is 32.2. The molecule has 0 aliphatic carbocycles. The van der Waals surface area contributed by atoms with Gasteiger partial charge in [0.2, 0.25) is 21.8 Å². The predicted molar refractivity (Wildman–Crippen MR) is 92.7 cm³/mol. The third-order valence-corrected chi connectivity index (χ3v) is 5.29. The Bertz CT molecular complexity index is 534. The lowest BCUT2D eigenvalue weighted by atomic mass is 9.96. The Morgan fingerprint density at radius 1 is 1.25 bits per heavy atom. The molecule has 2 amide bonds. The molecule has 9 heteroatoms. The van der Waals surface area contributed by atoms with Crippen LogP contribution in [0.4, 0.5) is 0 Å². The van der Waals surface area contributed by atoms with Crippen molar-refractivity contribution >= 4 is 21.8 Å². The van der Waals surface area contributed by atoms with Gasteiger partial charge in [0.25, 0.3) is 0 Å². The van der Waals surface area contributed by atoms with E-state index in [1.807, 2.05) is 6.92 Å². The first-order valence-electron chi connectivity index (χ1n) is 8.44. The minimum absolute atomic E-state index is 0.0290. The number of carbonyl (C=O) groups excluding carboxylic acids is 2. The molecule has 2 unspecified atom stereocenters. The number of nitrogens with zero attached hydrogens (tertiary/aromatic N) is 1. The Morgan fingerprint density at radius 3 is 2.50 bits per heavy atom. The van der Waals surface area contributed by atoms with Gasteiger partial charge in [-0.05, 0) is 40.0 Å². The van der Waals surface area contributed by atoms with Gasteiger partial charge < -0.3 is 16.0 Å². The molecule has 140 valence electrons. The van der Waals surface area contributed by atoms with Gasteiger partial charge in [0.15, 0.2) is 0 Å². The molecule has 0 bridgehead atoms. The van der Waals surface area contributed by atoms with E-state index in [4.69, 9.17) is 5.73 Å². The minimum atomic E-state index is -3.67. The number of nitrogens with one attached hydrogen (secondary N) is 2. The second-order valence-corrected chi connectivity index (χ2v) is 8.55. The third kappa shape index (κ3) is 7.14. The van der Waals surface area contributed by atoms with Gasteiger partial charge in [0, 0.05) is 31.1 Å². The van der Waals surface area contributed by atoms with E-state index in [-0.39, 0.29) is 42.8 Å². The smallest absolute Gasteiger partial charge is 0.235 e. The summed E-state index contributed by atoms with van der Waals surface area (Å²) in [5.74, 6) is -0.926. The maximum atomic E-state index is 12.3. The quantitative estimate of drug-likeness (QED) is 0.540. The number of nitrogens with two attached hydrogens (primary N) is 1. The molecule has 1 aliphatic rings. The summed E-state index contributed by atoms with van der Waals surface area (Å²) in [7, 11) is -3.67. The van der Waals surface area contributed by atoms with Gasteiger partial charge >= 0.3 is 0 Å². The highest BCUT2D eigenvalue weighted by Gasteiger charge is 2.29. The molecule has 1 heterocycles. The summed E-state index contributed by atoms with van der Waals surface area (Å²) in [4.78, 5) is 25.5. The first-order valence-corrected chi connectivity index (χ1v) is 10.1. The van der Waals surface area contributed by atoms with Crippen LogP contribution in [-0.4, -0.2) is 62.1 Å². The average Bonchev–Trinajstić information content (AvgIpc) is 2.50. The number of rotatable bonds is 8. The van der Waals surface area contributed by atoms with E-state index in [0.29, 0.717) is 6.54 Å². The lowest BCUT2D eigenvalue weighted by molar-refractivity contribution is -0.134. The standard InChI is InChI=1S/C15H30N4O4S/c1-11(2)18-14(20)10-17-24(22,23)9-7-15(21)19-8-5-4-6-13(19)12(3)16/h11-13,17H,4-10,16H2,1-3H3,(H,18,20). The number of piperidine rings is 1. The largest absolute Gasteiger partial charge is 0.353 e. The van der Waals surface area contributed by atoms with Crippen molar-refractivity contribution in [3.63, 3.8) is 0 Å². The van der Waals surface area contributed by atoms with Gasteiger partial charge in [-0.2, -0.15) is 0 Å². The summed E-state index contributed by atoms with van der Waals surface area (Å²) >= 11 is 0. The lowest BCUT2D eigenvalue weighted by Gasteiger charge is -2.38. The number of carbonyl (C=O) groups is 2. The summed E-state index contributed by atoms with van der Waals surface area (Å²) in [6, 6.07) is -0.222. The molecule has 0 aromatic carbocycles. The van der Waals surface area contributed by atoms with E-state index >= 15 is 0 Å². The van der Waals surface area contributed by atoms with Crippen LogP contribution in [0.25, 0.3) is 0 Å². The van der Waals surface area contributed by atoms with Crippen molar-refractivity contribution in [2.24, 2.45) is 5.73 Å². The Balaban J connectivity index is 2.48. The fraction of sp³-hybridized carbons (Fsp3) is 0.867. The molecule has 1 rings (SSSR count). The molecule has 0 spiro atoms. The van der Waals surface area contributed by atoms with E-state index in [0.717, 1.165) is 19.3 Å². The van der Waals surface area contributed by atoms with Crippen LogP contribution in [0.15, 0.2) is 0 Å². The highest BCUT2D eigenvalue weighted by molar-refractivity contribution is 7.89. The molecule has 4 N–H and O–H groups in total. The van der Waals surface area contributed by atoms with Crippen LogP contribution in [0, 0.1) is 0 Å². The van der Waals surface area contributed by atoms with Gasteiger partial charge in [-0.25, -0.2) is 13.1 Å². The normalized spacial score (nSPS) is 20.0. The molecular weight excluding hydrogens is 332 g/mol. The maximum Gasteiger partial charge on any atom is 0.235 e. The summed E-state index contributed by atoms with van der Waals surface area (Å²) in [6.45, 7) is 5.75. The summed E-state index contributed by atoms with van der Waals surface area (Å²) in [6.07, 6.45) is 2.68. The van der Waals surface area contributed by atoms with Crippen molar-refractivity contribution in [2.75, 3.05) is 18.8 Å². The number of sulfonamides is 1. The first-order chi connectivity index (χ1) is 11.1. The molecule has 1 fully saturated rings. The zero-order valence-corrected chi connectivity index (χ0v) is 15.6. The number of amides is 2. The molecule has 8 nitrogen and oxygen atoms in total. The molecule has 2 atom stereocenters. The van der Waals surface area contributed by atoms with Crippen LogP contribution < -0.4 is 15.8 Å². The molecule has 0 saturated carbocycles. The van der Waals surface area contributed by atoms with Crippen molar-refractivity contribution in [3.05, 3.63) is 0 Å². The van der Waals surface area contributed by atoms with Crippen molar-refractivity contribution in [2.45, 2.75) is 64.6 Å². The van der Waals surface area contributed by atoms with Crippen molar-refractivity contribution in [1.82, 2.24) is 14.9 Å². The molecule has 1 aliphatic heterocycles. The topological polar surface area (TPSA) is 122 Å². The van der Waals surface area contributed by atoms with Crippen LogP contribution in [-0.2, 0) is 19.6 Å². The van der Waals surface area contributed by atoms with E-state index in [1.54, 1.807) is 18.7 Å². The first kappa shape index (κ1) is 20.9. The number of hydrogen-bond donors (Lipinski definition) is 3. The summed E-state index contributed by atoms with van der Waals surface area (Å²) < 4.78 is 26.1. The Hall–Kier alpha value is -1.19. The van der Waals surface area contributed by atoms with Gasteiger partial charge in [0.1, 0.15) is 0 Å². The van der Waals surface area contributed by atoms with E-state index in [9.17, 15) is 18.0 Å². The van der Waals surface area contributed by atoms with Crippen molar-refractivity contribution in [3.8, 4) is 0 Å². The van der Waals surface area contributed by atoms with Crippen LogP contribution in [0.3, 0.4) is 0 Å². The van der Waals surface area contributed by atoms with Crippen molar-refractivity contribution in [1.29, 1.82) is 0 Å². The fourth-order valence-electron chi connectivity index (χ4n) is 2.80. The predicted octanol–water partition coefficient (Wildman–Crippen LogP) is -0.451. The lowest BCUT2D eigenvalue weighted by Crippen LogP contribution is -2.52. The van der Waals surface area contributed by atoms with Gasteiger partial charge in [-0.3, -0.25) is 9.59 Å². The average molecular weight is 362 g/mol. The fourth-order valence-corrected chi connectivity index (χ4v) is 3.74. The van der Waals surface area contributed by atoms with E-state index < -0.39 is 15.9 Å². The van der Waals surface area contributed by atoms with E-state index in [1.165, 1.54) is 0 Å². The number of hydrogen-bond acceptors (Lipinski definition) is 5. The second kappa shape index (κ2) is 9.33. The third-order valence-electron chi connectivity index (χ3n) is 3.96. The van der Waals surface area contributed by atoms with Crippen LogP contribution in [0.2, 0.25) is 0 Å². The molecule has 0 aromatic heterocycles. The molecule has 1 saturated heterocycles. The van der Waals surface area contributed by atoms with Gasteiger partial charge in [-0.15, -0.1) is 0 Å². The van der Waals surface area contributed by atoms with Crippen LogP contribution in [0.1, 0.15) is 46.5 Å². The molecular formula is C15H30N4O4S. The maximum absolute atomic E-state index is 12.3. The minimum Gasteiger partial charge on any atom is -0.353 e. The van der Waals surface area contributed by atoms with E-state index in [2.05, 4.69) is 10.0 Å². The zero-order valence-electron chi connectivity index (χ0n) is 14.7. The monoisotopic (exact) mass is 362 g/mol. The SMILES string of the molecule is CC(C)NC(=O)CNS(=O)(=O)CCC(=O)N1CCCCC1C(C)N. The van der Waals surface area contributed by atoms with Crippen molar-refractivity contribution < 1.29 is 18.0 Å².